The Hall–Kier alpha value is 0. The van der Waals surface area contributed by atoms with E-state index in [2.05, 4.69) is 20.8 Å². The Morgan fingerprint density at radius 3 is 0.750 bits per heavy atom. The van der Waals surface area contributed by atoms with Gasteiger partial charge in [0.15, 0.2) is 0 Å². The monoisotopic (exact) mass is 451 g/mol. The highest BCUT2D eigenvalue weighted by Crippen LogP contribution is 2.23. The maximum Gasteiger partial charge on any atom is -0.0414 e. The summed E-state index contributed by atoms with van der Waals surface area (Å²) in [7, 11) is 0. The molecule has 0 aromatic rings. The minimum atomic E-state index is 1.03. The minimum Gasteiger partial charge on any atom is -0.0654 e. The predicted molar refractivity (Wildman–Crippen MR) is 150 cm³/mol. The van der Waals surface area contributed by atoms with Gasteiger partial charge in [0, 0.05) is 0 Å². The lowest BCUT2D eigenvalue weighted by Crippen LogP contribution is -2.00. The van der Waals surface area contributed by atoms with Gasteiger partial charge in [0.05, 0.1) is 0 Å². The van der Waals surface area contributed by atoms with Gasteiger partial charge in [0.1, 0.15) is 0 Å². The molecule has 0 aliphatic carbocycles. The van der Waals surface area contributed by atoms with Crippen molar-refractivity contribution in [3.8, 4) is 0 Å². The van der Waals surface area contributed by atoms with Crippen LogP contribution in [0.15, 0.2) is 0 Å². The van der Waals surface area contributed by atoms with E-state index in [0.717, 1.165) is 5.92 Å². The molecule has 0 aliphatic rings. The van der Waals surface area contributed by atoms with Gasteiger partial charge in [-0.3, -0.25) is 0 Å². The van der Waals surface area contributed by atoms with E-state index >= 15 is 0 Å². The number of hydrogen-bond donors (Lipinski definition) is 0. The molecule has 0 nitrogen and oxygen atoms in total. The third-order valence-corrected chi connectivity index (χ3v) is 7.63. The SMILES string of the molecule is CCCCCCCCCCCCCCCCCCCCC(CCC)CCCCCCCC. The van der Waals surface area contributed by atoms with Crippen LogP contribution in [0.4, 0.5) is 0 Å². The van der Waals surface area contributed by atoms with Gasteiger partial charge in [0.2, 0.25) is 0 Å². The molecule has 1 atom stereocenters. The van der Waals surface area contributed by atoms with Crippen LogP contribution < -0.4 is 0 Å². The first kappa shape index (κ1) is 32.0. The Morgan fingerprint density at radius 2 is 0.500 bits per heavy atom. The minimum absolute atomic E-state index is 1.03. The molecule has 194 valence electrons. The second kappa shape index (κ2) is 29.0. The zero-order chi connectivity index (χ0) is 23.4. The van der Waals surface area contributed by atoms with Crippen molar-refractivity contribution in [2.24, 2.45) is 5.92 Å². The van der Waals surface area contributed by atoms with Crippen LogP contribution in [0.25, 0.3) is 0 Å². The molecule has 0 aromatic carbocycles. The predicted octanol–water partition coefficient (Wildman–Crippen LogP) is 12.6. The van der Waals surface area contributed by atoms with E-state index in [1.54, 1.807) is 0 Å². The Labute approximate surface area is 206 Å². The molecule has 0 heteroatoms. The lowest BCUT2D eigenvalue weighted by Gasteiger charge is -2.16. The Kier molecular flexibility index (Phi) is 29.0. The molecule has 0 heterocycles. The van der Waals surface area contributed by atoms with Crippen LogP contribution in [0.3, 0.4) is 0 Å². The summed E-state index contributed by atoms with van der Waals surface area (Å²) in [5, 5.41) is 0. The van der Waals surface area contributed by atoms with E-state index in [-0.39, 0.29) is 0 Å². The summed E-state index contributed by atoms with van der Waals surface area (Å²) in [6, 6.07) is 0. The van der Waals surface area contributed by atoms with Gasteiger partial charge >= 0.3 is 0 Å². The average Bonchev–Trinajstić information content (AvgIpc) is 2.80. The molecule has 0 N–H and O–H groups in total. The maximum atomic E-state index is 2.38. The molecule has 0 bridgehead atoms. The molecule has 0 saturated carbocycles. The highest BCUT2D eigenvalue weighted by molar-refractivity contribution is 4.61. The van der Waals surface area contributed by atoms with Crippen molar-refractivity contribution in [2.75, 3.05) is 0 Å². The summed E-state index contributed by atoms with van der Waals surface area (Å²) in [5.74, 6) is 1.03. The molecule has 0 spiro atoms. The van der Waals surface area contributed by atoms with E-state index in [4.69, 9.17) is 0 Å². The van der Waals surface area contributed by atoms with Crippen LogP contribution in [0.2, 0.25) is 0 Å². The van der Waals surface area contributed by atoms with Crippen molar-refractivity contribution in [2.45, 2.75) is 201 Å². The van der Waals surface area contributed by atoms with Gasteiger partial charge in [0.25, 0.3) is 0 Å². The first-order valence-corrected chi connectivity index (χ1v) is 15.8. The Balaban J connectivity index is 3.28. The van der Waals surface area contributed by atoms with E-state index < -0.39 is 0 Å². The lowest BCUT2D eigenvalue weighted by atomic mass is 9.90. The standard InChI is InChI=1S/C32H66/c1-4-7-9-11-13-14-15-16-17-18-19-20-21-22-23-24-26-28-31-32(29-6-3)30-27-25-12-10-8-5-2/h32H,4-31H2,1-3H3. The lowest BCUT2D eigenvalue weighted by molar-refractivity contribution is 0.377. The molecule has 0 fully saturated rings. The Bertz CT molecular complexity index is 307. The van der Waals surface area contributed by atoms with Crippen molar-refractivity contribution in [1.82, 2.24) is 0 Å². The van der Waals surface area contributed by atoms with Gasteiger partial charge in [-0.1, -0.05) is 201 Å². The molecular weight excluding hydrogens is 384 g/mol. The quantitative estimate of drug-likeness (QED) is 0.104. The number of hydrogen-bond acceptors (Lipinski definition) is 0. The van der Waals surface area contributed by atoms with Gasteiger partial charge in [-0.05, 0) is 5.92 Å². The summed E-state index contributed by atoms with van der Waals surface area (Å²) >= 11 is 0. The summed E-state index contributed by atoms with van der Waals surface area (Å²) in [5.41, 5.74) is 0. The van der Waals surface area contributed by atoms with E-state index in [1.807, 2.05) is 0 Å². The number of rotatable bonds is 28. The summed E-state index contributed by atoms with van der Waals surface area (Å²) in [4.78, 5) is 0. The zero-order valence-electron chi connectivity index (χ0n) is 23.4. The van der Waals surface area contributed by atoms with Crippen molar-refractivity contribution in [1.29, 1.82) is 0 Å². The van der Waals surface area contributed by atoms with Crippen LogP contribution in [0.5, 0.6) is 0 Å². The molecule has 0 radical (unpaired) electrons. The second-order valence-electron chi connectivity index (χ2n) is 11.0. The first-order chi connectivity index (χ1) is 15.8. The zero-order valence-corrected chi connectivity index (χ0v) is 23.4. The fourth-order valence-corrected chi connectivity index (χ4v) is 5.39. The van der Waals surface area contributed by atoms with Crippen molar-refractivity contribution in [3.05, 3.63) is 0 Å². The molecule has 0 rings (SSSR count). The fraction of sp³-hybridized carbons (Fsp3) is 1.00. The van der Waals surface area contributed by atoms with E-state index in [9.17, 15) is 0 Å². The highest BCUT2D eigenvalue weighted by Gasteiger charge is 2.07. The van der Waals surface area contributed by atoms with E-state index in [1.165, 1.54) is 180 Å². The molecule has 0 aromatic heterocycles. The largest absolute Gasteiger partial charge is 0.0654 e. The van der Waals surface area contributed by atoms with Gasteiger partial charge < -0.3 is 0 Å². The second-order valence-corrected chi connectivity index (χ2v) is 11.0. The van der Waals surface area contributed by atoms with Crippen LogP contribution in [0.1, 0.15) is 201 Å². The molecule has 0 amide bonds. The molecule has 0 saturated heterocycles. The first-order valence-electron chi connectivity index (χ1n) is 15.8. The third-order valence-electron chi connectivity index (χ3n) is 7.63. The topological polar surface area (TPSA) is 0 Å². The molecule has 0 aliphatic heterocycles. The van der Waals surface area contributed by atoms with Crippen molar-refractivity contribution >= 4 is 0 Å². The van der Waals surface area contributed by atoms with E-state index in [0.29, 0.717) is 0 Å². The van der Waals surface area contributed by atoms with Gasteiger partial charge in [-0.15, -0.1) is 0 Å². The summed E-state index contributed by atoms with van der Waals surface area (Å²) in [6.07, 6.45) is 41.3. The van der Waals surface area contributed by atoms with Crippen LogP contribution in [0, 0.1) is 5.92 Å². The normalized spacial score (nSPS) is 12.5. The molecule has 32 heavy (non-hydrogen) atoms. The maximum absolute atomic E-state index is 2.38. The van der Waals surface area contributed by atoms with Crippen LogP contribution in [-0.2, 0) is 0 Å². The van der Waals surface area contributed by atoms with Crippen LogP contribution >= 0.6 is 0 Å². The van der Waals surface area contributed by atoms with Crippen LogP contribution in [-0.4, -0.2) is 0 Å². The van der Waals surface area contributed by atoms with Gasteiger partial charge in [-0.25, -0.2) is 0 Å². The fourth-order valence-electron chi connectivity index (χ4n) is 5.39. The average molecular weight is 451 g/mol. The molecular formula is C32H66. The highest BCUT2D eigenvalue weighted by atomic mass is 14.1. The number of unbranched alkanes of at least 4 members (excludes halogenated alkanes) is 22. The van der Waals surface area contributed by atoms with Crippen molar-refractivity contribution < 1.29 is 0 Å². The van der Waals surface area contributed by atoms with Crippen molar-refractivity contribution in [3.63, 3.8) is 0 Å². The Morgan fingerprint density at radius 1 is 0.250 bits per heavy atom. The third kappa shape index (κ3) is 26.3. The summed E-state index contributed by atoms with van der Waals surface area (Å²) < 4.78 is 0. The molecule has 1 unspecified atom stereocenters. The smallest absolute Gasteiger partial charge is 0.0414 e. The summed E-state index contributed by atoms with van der Waals surface area (Å²) in [6.45, 7) is 7.00. The van der Waals surface area contributed by atoms with Gasteiger partial charge in [-0.2, -0.15) is 0 Å².